The Hall–Kier alpha value is -0.0800. The zero-order valence-electron chi connectivity index (χ0n) is 3.94. The molecule has 0 atom stereocenters. The fourth-order valence-electron chi connectivity index (χ4n) is 0.297. The van der Waals surface area contributed by atoms with Crippen LogP contribution in [0.5, 0.6) is 0 Å². The molecule has 40 valence electrons. The van der Waals surface area contributed by atoms with Crippen molar-refractivity contribution in [1.29, 1.82) is 0 Å². The number of thiazole rings is 1. The van der Waals surface area contributed by atoms with Gasteiger partial charge in [-0.2, -0.15) is 0 Å². The summed E-state index contributed by atoms with van der Waals surface area (Å²) < 4.78 is 0. The lowest BCUT2D eigenvalue weighted by molar-refractivity contribution is -0.380. The van der Waals surface area contributed by atoms with Crippen molar-refractivity contribution in [2.24, 2.45) is 0 Å². The van der Waals surface area contributed by atoms with Gasteiger partial charge in [0.1, 0.15) is 0 Å². The zero-order chi connectivity index (χ0) is 4.41. The zero-order valence-corrected chi connectivity index (χ0v) is 5.51. The van der Waals surface area contributed by atoms with E-state index in [1.165, 1.54) is 5.69 Å². The summed E-state index contributed by atoms with van der Waals surface area (Å²) in [6, 6.07) is 0. The molecule has 0 amide bonds. The number of rotatable bonds is 0. The minimum absolute atomic E-state index is 0. The Morgan fingerprint density at radius 3 is 2.57 bits per heavy atom. The van der Waals surface area contributed by atoms with Crippen molar-refractivity contribution in [2.45, 2.75) is 6.92 Å². The molecular formula is C4H6ClNS. The Balaban J connectivity index is 0.000000360. The van der Waals surface area contributed by atoms with Gasteiger partial charge in [-0.15, -0.1) is 0 Å². The number of nitrogens with one attached hydrogen (secondary N) is 1. The van der Waals surface area contributed by atoms with Crippen molar-refractivity contribution in [3.8, 4) is 0 Å². The molecule has 1 nitrogen and oxygen atoms in total. The largest absolute Gasteiger partial charge is 1.00 e. The normalized spacial score (nSPS) is 7.57. The van der Waals surface area contributed by atoms with Gasteiger partial charge in [-0.05, 0) is 0 Å². The van der Waals surface area contributed by atoms with E-state index in [0.29, 0.717) is 0 Å². The van der Waals surface area contributed by atoms with Gasteiger partial charge in [0.2, 0.25) is 5.51 Å². The molecule has 1 aromatic rings. The molecule has 1 rings (SSSR count). The number of H-pyrrole nitrogens is 1. The molecule has 0 saturated carbocycles. The average Bonchev–Trinajstić information content (AvgIpc) is 1.86. The van der Waals surface area contributed by atoms with Crippen molar-refractivity contribution in [2.75, 3.05) is 0 Å². The first-order chi connectivity index (χ1) is 2.89. The summed E-state index contributed by atoms with van der Waals surface area (Å²) in [5.41, 5.74) is 3.19. The van der Waals surface area contributed by atoms with Gasteiger partial charge < -0.3 is 12.4 Å². The Morgan fingerprint density at radius 1 is 1.71 bits per heavy atom. The first kappa shape index (κ1) is 6.92. The standard InChI is InChI=1S/C4H5NS.ClH/c1-4-2-6-3-5-4;/h2-3H,1H3;1H. The summed E-state index contributed by atoms with van der Waals surface area (Å²) in [5, 5.41) is 2.07. The summed E-state index contributed by atoms with van der Waals surface area (Å²) in [7, 11) is 0. The predicted molar refractivity (Wildman–Crippen MR) is 25.6 cm³/mol. The Bertz CT molecular complexity index is 115. The van der Waals surface area contributed by atoms with Crippen molar-refractivity contribution in [1.82, 2.24) is 0 Å². The molecular weight excluding hydrogens is 130 g/mol. The SMILES string of the molecule is Cc1csc[nH+]1.[Cl-]. The van der Waals surface area contributed by atoms with Gasteiger partial charge in [0.05, 0.1) is 5.38 Å². The number of aromatic nitrogens is 1. The van der Waals surface area contributed by atoms with E-state index >= 15 is 0 Å². The number of halogens is 1. The van der Waals surface area contributed by atoms with Gasteiger partial charge in [0.25, 0.3) is 0 Å². The summed E-state index contributed by atoms with van der Waals surface area (Å²) >= 11 is 1.68. The molecule has 0 aliphatic heterocycles. The van der Waals surface area contributed by atoms with Crippen LogP contribution in [-0.2, 0) is 0 Å². The Morgan fingerprint density at radius 2 is 2.43 bits per heavy atom. The molecule has 0 saturated heterocycles. The highest BCUT2D eigenvalue weighted by molar-refractivity contribution is 7.07. The van der Waals surface area contributed by atoms with Crippen LogP contribution in [0.25, 0.3) is 0 Å². The Labute approximate surface area is 52.8 Å². The van der Waals surface area contributed by atoms with E-state index < -0.39 is 0 Å². The van der Waals surface area contributed by atoms with Crippen molar-refractivity contribution in [3.63, 3.8) is 0 Å². The van der Waals surface area contributed by atoms with Crippen LogP contribution in [0.2, 0.25) is 0 Å². The first-order valence-corrected chi connectivity index (χ1v) is 2.74. The molecule has 0 aromatic carbocycles. The molecule has 1 heterocycles. The van der Waals surface area contributed by atoms with E-state index in [9.17, 15) is 0 Å². The molecule has 0 aliphatic rings. The highest BCUT2D eigenvalue weighted by Crippen LogP contribution is 1.90. The number of aromatic amines is 1. The third-order valence-corrected chi connectivity index (χ3v) is 1.34. The average molecular weight is 136 g/mol. The summed E-state index contributed by atoms with van der Waals surface area (Å²) in [6.07, 6.45) is 0. The van der Waals surface area contributed by atoms with Gasteiger partial charge in [0.15, 0.2) is 5.69 Å². The third kappa shape index (κ3) is 1.90. The van der Waals surface area contributed by atoms with E-state index in [2.05, 4.69) is 10.4 Å². The smallest absolute Gasteiger partial charge is 0.223 e. The van der Waals surface area contributed by atoms with Crippen LogP contribution in [0.1, 0.15) is 5.69 Å². The van der Waals surface area contributed by atoms with Gasteiger partial charge in [-0.3, -0.25) is 0 Å². The maximum atomic E-state index is 3.02. The second-order valence-electron chi connectivity index (χ2n) is 1.20. The van der Waals surface area contributed by atoms with Crippen LogP contribution in [0, 0.1) is 6.92 Å². The van der Waals surface area contributed by atoms with Crippen LogP contribution in [0.4, 0.5) is 0 Å². The van der Waals surface area contributed by atoms with E-state index in [1.54, 1.807) is 11.3 Å². The topological polar surface area (TPSA) is 14.1 Å². The van der Waals surface area contributed by atoms with Crippen molar-refractivity contribution >= 4 is 11.3 Å². The van der Waals surface area contributed by atoms with E-state index in [0.717, 1.165) is 0 Å². The van der Waals surface area contributed by atoms with Gasteiger partial charge in [0, 0.05) is 6.92 Å². The molecule has 0 aliphatic carbocycles. The minimum Gasteiger partial charge on any atom is -1.00 e. The second-order valence-corrected chi connectivity index (χ2v) is 1.94. The fourth-order valence-corrected chi connectivity index (χ4v) is 0.891. The molecule has 0 bridgehead atoms. The second kappa shape index (κ2) is 2.99. The summed E-state index contributed by atoms with van der Waals surface area (Å²) in [6.45, 7) is 2.04. The van der Waals surface area contributed by atoms with Crippen LogP contribution >= 0.6 is 11.3 Å². The number of hydrogen-bond acceptors (Lipinski definition) is 1. The van der Waals surface area contributed by atoms with Crippen molar-refractivity contribution in [3.05, 3.63) is 16.6 Å². The van der Waals surface area contributed by atoms with Crippen LogP contribution in [-0.4, -0.2) is 0 Å². The van der Waals surface area contributed by atoms with Gasteiger partial charge in [-0.25, -0.2) is 4.98 Å². The maximum Gasteiger partial charge on any atom is 0.223 e. The van der Waals surface area contributed by atoms with E-state index in [1.807, 2.05) is 12.4 Å². The lowest BCUT2D eigenvalue weighted by Gasteiger charge is -1.56. The molecule has 0 radical (unpaired) electrons. The number of aryl methyl sites for hydroxylation is 1. The molecule has 0 unspecified atom stereocenters. The molecule has 1 aromatic heterocycles. The first-order valence-electron chi connectivity index (χ1n) is 1.80. The predicted octanol–water partition coefficient (Wildman–Crippen LogP) is -2.13. The van der Waals surface area contributed by atoms with E-state index in [-0.39, 0.29) is 12.4 Å². The molecule has 1 N–H and O–H groups in total. The number of hydrogen-bond donors (Lipinski definition) is 0. The van der Waals surface area contributed by atoms with Gasteiger partial charge in [-0.1, -0.05) is 11.3 Å². The fraction of sp³-hybridized carbons (Fsp3) is 0.250. The summed E-state index contributed by atoms with van der Waals surface area (Å²) in [5.74, 6) is 0. The lowest BCUT2D eigenvalue weighted by atomic mass is 10.6. The van der Waals surface area contributed by atoms with Crippen LogP contribution < -0.4 is 17.4 Å². The Kier molecular flexibility index (Phi) is 2.96. The summed E-state index contributed by atoms with van der Waals surface area (Å²) in [4.78, 5) is 3.02. The maximum absolute atomic E-state index is 3.02. The minimum atomic E-state index is 0. The highest BCUT2D eigenvalue weighted by Gasteiger charge is 1.85. The van der Waals surface area contributed by atoms with E-state index in [4.69, 9.17) is 0 Å². The third-order valence-electron chi connectivity index (χ3n) is 0.599. The molecule has 0 fully saturated rings. The molecule has 0 spiro atoms. The molecule has 3 heteroatoms. The van der Waals surface area contributed by atoms with Crippen LogP contribution in [0.15, 0.2) is 10.9 Å². The van der Waals surface area contributed by atoms with Gasteiger partial charge >= 0.3 is 0 Å². The quantitative estimate of drug-likeness (QED) is 0.386. The lowest BCUT2D eigenvalue weighted by Crippen LogP contribution is -3.00. The van der Waals surface area contributed by atoms with Crippen molar-refractivity contribution < 1.29 is 17.4 Å². The molecule has 7 heavy (non-hydrogen) atoms. The van der Waals surface area contributed by atoms with Crippen LogP contribution in [0.3, 0.4) is 0 Å². The monoisotopic (exact) mass is 135 g/mol. The highest BCUT2D eigenvalue weighted by atomic mass is 35.5.